The molecule has 2 N–H and O–H groups in total. The lowest BCUT2D eigenvalue weighted by Crippen LogP contribution is -2.31. The maximum atomic E-state index is 10.7. The molecule has 1 aliphatic rings. The second-order valence-corrected chi connectivity index (χ2v) is 3.94. The van der Waals surface area contributed by atoms with E-state index >= 15 is 0 Å². The second-order valence-electron chi connectivity index (χ2n) is 3.94. The Morgan fingerprint density at radius 1 is 1.61 bits per heavy atom. The first-order valence-electron chi connectivity index (χ1n) is 5.44. The molecule has 0 amide bonds. The Labute approximate surface area is 103 Å². The number of hydrogen-bond acceptors (Lipinski definition) is 5. The molecule has 1 atom stereocenters. The maximum Gasteiger partial charge on any atom is 0.317 e. The average Bonchev–Trinajstić information content (AvgIpc) is 2.35. The molecule has 0 radical (unpaired) electrons. The van der Waals surface area contributed by atoms with Crippen LogP contribution >= 0.6 is 0 Å². The van der Waals surface area contributed by atoms with Gasteiger partial charge in [-0.15, -0.1) is 0 Å². The molecule has 0 bridgehead atoms. The van der Waals surface area contributed by atoms with Gasteiger partial charge in [0.1, 0.15) is 5.75 Å². The Morgan fingerprint density at radius 3 is 3.06 bits per heavy atom. The van der Waals surface area contributed by atoms with E-state index in [9.17, 15) is 14.9 Å². The van der Waals surface area contributed by atoms with Crippen LogP contribution in [0.25, 0.3) is 0 Å². The molecule has 0 spiro atoms. The predicted octanol–water partition coefficient (Wildman–Crippen LogP) is 1.09. The zero-order valence-corrected chi connectivity index (χ0v) is 9.46. The van der Waals surface area contributed by atoms with Crippen LogP contribution in [-0.2, 0) is 4.79 Å². The zero-order chi connectivity index (χ0) is 13.1. The van der Waals surface area contributed by atoms with Gasteiger partial charge in [-0.2, -0.15) is 0 Å². The van der Waals surface area contributed by atoms with Gasteiger partial charge >= 0.3 is 5.97 Å². The van der Waals surface area contributed by atoms with E-state index in [2.05, 4.69) is 5.32 Å². The number of non-ortho nitro benzene ring substituents is 1. The van der Waals surface area contributed by atoms with E-state index in [-0.39, 0.29) is 18.3 Å². The number of hydrogen-bond donors (Lipinski definition) is 2. The van der Waals surface area contributed by atoms with Crippen molar-refractivity contribution < 1.29 is 19.6 Å². The van der Waals surface area contributed by atoms with E-state index < -0.39 is 10.9 Å². The van der Waals surface area contributed by atoms with Crippen molar-refractivity contribution in [3.05, 3.63) is 33.9 Å². The molecule has 0 saturated carbocycles. The van der Waals surface area contributed by atoms with Crippen molar-refractivity contribution >= 4 is 11.7 Å². The first kappa shape index (κ1) is 12.3. The summed E-state index contributed by atoms with van der Waals surface area (Å²) in [7, 11) is 0. The zero-order valence-electron chi connectivity index (χ0n) is 9.46. The summed E-state index contributed by atoms with van der Waals surface area (Å²) in [5.41, 5.74) is 0.609. The highest BCUT2D eigenvalue weighted by Gasteiger charge is 2.24. The fourth-order valence-electron chi connectivity index (χ4n) is 1.92. The number of rotatable bonds is 4. The van der Waals surface area contributed by atoms with Crippen molar-refractivity contribution in [2.24, 2.45) is 0 Å². The minimum Gasteiger partial charge on any atom is -0.493 e. The number of fused-ring (bicyclic) bond motifs is 1. The average molecular weight is 252 g/mol. The Balaban J connectivity index is 2.25. The standard InChI is InChI=1S/C11H12N2O5/c14-11(15)6-12-9-3-4-18-10-2-1-7(13(16)17)5-8(9)10/h1-2,5,9,12H,3-4,6H2,(H,14,15)/t9-/m1/s1. The van der Waals surface area contributed by atoms with E-state index in [1.165, 1.54) is 12.1 Å². The summed E-state index contributed by atoms with van der Waals surface area (Å²) in [4.78, 5) is 20.8. The lowest BCUT2D eigenvalue weighted by molar-refractivity contribution is -0.385. The van der Waals surface area contributed by atoms with Crippen LogP contribution in [-0.4, -0.2) is 29.2 Å². The quantitative estimate of drug-likeness (QED) is 0.614. The highest BCUT2D eigenvalue weighted by Crippen LogP contribution is 2.34. The van der Waals surface area contributed by atoms with Crippen LogP contribution in [0.5, 0.6) is 5.75 Å². The third kappa shape index (κ3) is 2.57. The molecule has 1 aromatic rings. The first-order chi connectivity index (χ1) is 8.58. The number of benzene rings is 1. The lowest BCUT2D eigenvalue weighted by atomic mass is 10.00. The Hall–Kier alpha value is -2.15. The Bertz CT molecular complexity index is 488. The molecule has 2 rings (SSSR count). The highest BCUT2D eigenvalue weighted by atomic mass is 16.6. The summed E-state index contributed by atoms with van der Waals surface area (Å²) in [6.07, 6.45) is 0.585. The van der Waals surface area contributed by atoms with Crippen molar-refractivity contribution in [2.75, 3.05) is 13.2 Å². The normalized spacial score (nSPS) is 17.7. The van der Waals surface area contributed by atoms with Crippen LogP contribution in [0, 0.1) is 10.1 Å². The SMILES string of the molecule is O=C(O)CN[C@@H]1CCOc2ccc([N+](=O)[O-])cc21. The van der Waals surface area contributed by atoms with Crippen LogP contribution in [0.2, 0.25) is 0 Å². The molecule has 96 valence electrons. The number of nitro groups is 1. The number of nitro benzene ring substituents is 1. The largest absolute Gasteiger partial charge is 0.493 e. The van der Waals surface area contributed by atoms with E-state index in [0.717, 1.165) is 0 Å². The number of aliphatic carboxylic acids is 1. The van der Waals surface area contributed by atoms with Gasteiger partial charge in [0.2, 0.25) is 0 Å². The lowest BCUT2D eigenvalue weighted by Gasteiger charge is -2.26. The van der Waals surface area contributed by atoms with Gasteiger partial charge in [0, 0.05) is 30.2 Å². The van der Waals surface area contributed by atoms with Gasteiger partial charge in [-0.05, 0) is 6.07 Å². The molecule has 0 unspecified atom stereocenters. The van der Waals surface area contributed by atoms with E-state index in [0.29, 0.717) is 24.3 Å². The Morgan fingerprint density at radius 2 is 2.39 bits per heavy atom. The molecule has 0 aromatic heterocycles. The van der Waals surface area contributed by atoms with Crippen molar-refractivity contribution in [3.63, 3.8) is 0 Å². The summed E-state index contributed by atoms with van der Waals surface area (Å²) in [6.45, 7) is 0.273. The minimum atomic E-state index is -0.964. The fraction of sp³-hybridized carbons (Fsp3) is 0.364. The molecule has 7 nitrogen and oxygen atoms in total. The van der Waals surface area contributed by atoms with Gasteiger partial charge in [0.15, 0.2) is 0 Å². The molecule has 0 saturated heterocycles. The Kier molecular flexibility index (Phi) is 3.42. The van der Waals surface area contributed by atoms with E-state index in [4.69, 9.17) is 9.84 Å². The number of carboxylic acids is 1. The number of nitrogens with zero attached hydrogens (tertiary/aromatic N) is 1. The third-order valence-corrected chi connectivity index (χ3v) is 2.74. The van der Waals surface area contributed by atoms with Crippen LogP contribution in [0.4, 0.5) is 5.69 Å². The summed E-state index contributed by atoms with van der Waals surface area (Å²) in [5.74, 6) is -0.400. The molecule has 18 heavy (non-hydrogen) atoms. The van der Waals surface area contributed by atoms with Gasteiger partial charge in [-0.3, -0.25) is 20.2 Å². The number of carboxylic acid groups (broad SMARTS) is 1. The van der Waals surface area contributed by atoms with Crippen LogP contribution < -0.4 is 10.1 Å². The minimum absolute atomic E-state index is 0.0265. The third-order valence-electron chi connectivity index (χ3n) is 2.74. The topological polar surface area (TPSA) is 102 Å². The number of carbonyl (C=O) groups is 1. The highest BCUT2D eigenvalue weighted by molar-refractivity contribution is 5.69. The van der Waals surface area contributed by atoms with Crippen molar-refractivity contribution in [2.45, 2.75) is 12.5 Å². The summed E-state index contributed by atoms with van der Waals surface area (Å²) < 4.78 is 5.39. The molecule has 1 aliphatic heterocycles. The summed E-state index contributed by atoms with van der Waals surface area (Å²) in [5, 5.41) is 22.2. The smallest absolute Gasteiger partial charge is 0.317 e. The van der Waals surface area contributed by atoms with Gasteiger partial charge in [0.05, 0.1) is 18.1 Å². The summed E-state index contributed by atoms with van der Waals surface area (Å²) in [6, 6.07) is 4.11. The van der Waals surface area contributed by atoms with Gasteiger partial charge in [-0.1, -0.05) is 0 Å². The maximum absolute atomic E-state index is 10.7. The number of ether oxygens (including phenoxy) is 1. The fourth-order valence-corrected chi connectivity index (χ4v) is 1.92. The predicted molar refractivity (Wildman–Crippen MR) is 61.6 cm³/mol. The molecule has 0 fully saturated rings. The monoisotopic (exact) mass is 252 g/mol. The molecule has 1 aromatic carbocycles. The number of nitrogens with one attached hydrogen (secondary N) is 1. The van der Waals surface area contributed by atoms with Gasteiger partial charge in [-0.25, -0.2) is 0 Å². The van der Waals surface area contributed by atoms with E-state index in [1.807, 2.05) is 0 Å². The van der Waals surface area contributed by atoms with Crippen LogP contribution in [0.15, 0.2) is 18.2 Å². The van der Waals surface area contributed by atoms with Gasteiger partial charge in [0.25, 0.3) is 5.69 Å². The van der Waals surface area contributed by atoms with Crippen LogP contribution in [0.1, 0.15) is 18.0 Å². The van der Waals surface area contributed by atoms with Crippen LogP contribution in [0.3, 0.4) is 0 Å². The molecule has 7 heteroatoms. The van der Waals surface area contributed by atoms with Crippen molar-refractivity contribution in [3.8, 4) is 5.75 Å². The first-order valence-corrected chi connectivity index (χ1v) is 5.44. The molecular formula is C11H12N2O5. The summed E-state index contributed by atoms with van der Waals surface area (Å²) >= 11 is 0. The van der Waals surface area contributed by atoms with Crippen molar-refractivity contribution in [1.29, 1.82) is 0 Å². The molecule has 1 heterocycles. The molecular weight excluding hydrogens is 240 g/mol. The van der Waals surface area contributed by atoms with E-state index in [1.54, 1.807) is 6.07 Å². The van der Waals surface area contributed by atoms with Crippen molar-refractivity contribution in [1.82, 2.24) is 5.32 Å². The second kappa shape index (κ2) is 5.01. The molecule has 0 aliphatic carbocycles. The van der Waals surface area contributed by atoms with Gasteiger partial charge < -0.3 is 9.84 Å².